The van der Waals surface area contributed by atoms with E-state index in [2.05, 4.69) is 5.32 Å². The summed E-state index contributed by atoms with van der Waals surface area (Å²) in [6.45, 7) is 0. The summed E-state index contributed by atoms with van der Waals surface area (Å²) in [5.74, 6) is -1.01. The molecular weight excluding hydrogens is 320 g/mol. The van der Waals surface area contributed by atoms with Crippen LogP contribution in [0.5, 0.6) is 0 Å². The van der Waals surface area contributed by atoms with Crippen LogP contribution in [0.15, 0.2) is 40.3 Å². The van der Waals surface area contributed by atoms with Crippen molar-refractivity contribution in [3.8, 4) is 17.4 Å². The lowest BCUT2D eigenvalue weighted by atomic mass is 10.1. The van der Waals surface area contributed by atoms with E-state index in [-0.39, 0.29) is 16.9 Å². The second kappa shape index (κ2) is 6.81. The van der Waals surface area contributed by atoms with Crippen molar-refractivity contribution < 1.29 is 19.1 Å². The van der Waals surface area contributed by atoms with Crippen LogP contribution in [0.25, 0.3) is 17.4 Å². The smallest absolute Gasteiger partial charge is 0.335 e. The second-order valence-electron chi connectivity index (χ2n) is 4.45. The van der Waals surface area contributed by atoms with Crippen molar-refractivity contribution in [1.82, 2.24) is 5.32 Å². The Morgan fingerprint density at radius 3 is 2.70 bits per heavy atom. The minimum absolute atomic E-state index is 0.0703. The molecule has 1 aromatic heterocycles. The van der Waals surface area contributed by atoms with Crippen LogP contribution in [0.4, 0.5) is 0 Å². The predicted octanol–water partition coefficient (Wildman–Crippen LogP) is 2.95. The Kier molecular flexibility index (Phi) is 4.84. The van der Waals surface area contributed by atoms with Gasteiger partial charge in [0.05, 0.1) is 10.6 Å². The number of nitriles is 1. The Morgan fingerprint density at radius 1 is 1.35 bits per heavy atom. The highest BCUT2D eigenvalue weighted by Gasteiger charge is 2.13. The van der Waals surface area contributed by atoms with Crippen molar-refractivity contribution in [3.05, 3.63) is 52.3 Å². The largest absolute Gasteiger partial charge is 0.478 e. The molecule has 6 nitrogen and oxygen atoms in total. The van der Waals surface area contributed by atoms with Crippen molar-refractivity contribution >= 4 is 29.6 Å². The Hall–Kier alpha value is -3.04. The molecule has 0 aliphatic carbocycles. The molecule has 2 N–H and O–H groups in total. The van der Waals surface area contributed by atoms with Gasteiger partial charge in [-0.25, -0.2) is 4.79 Å². The minimum Gasteiger partial charge on any atom is -0.478 e. The molecule has 0 saturated heterocycles. The maximum absolute atomic E-state index is 11.5. The van der Waals surface area contributed by atoms with Gasteiger partial charge in [-0.05, 0) is 30.3 Å². The first-order valence-corrected chi connectivity index (χ1v) is 6.81. The number of hydrogen-bond donors (Lipinski definition) is 2. The summed E-state index contributed by atoms with van der Waals surface area (Å²) in [4.78, 5) is 22.5. The quantitative estimate of drug-likeness (QED) is 0.662. The average molecular weight is 331 g/mol. The topological polar surface area (TPSA) is 103 Å². The molecule has 0 aliphatic rings. The molecule has 0 atom stereocenters. The molecule has 116 valence electrons. The lowest BCUT2D eigenvalue weighted by Gasteiger charge is -2.02. The molecule has 0 saturated carbocycles. The number of carbonyl (C=O) groups is 2. The fraction of sp³-hybridized carbons (Fsp3) is 0.0625. The standard InChI is InChI=1S/C16H11ClN2O4/c1-19-15(20)10(8-18)6-11-3-5-14(23-11)12-7-9(16(21)22)2-4-13(12)17/h2-7H,1H3,(H,19,20)(H,21,22)/b10-6-. The Morgan fingerprint density at radius 2 is 2.09 bits per heavy atom. The number of nitrogens with one attached hydrogen (secondary N) is 1. The third-order valence-corrected chi connectivity index (χ3v) is 3.31. The lowest BCUT2D eigenvalue weighted by molar-refractivity contribution is -0.116. The molecule has 1 heterocycles. The highest BCUT2D eigenvalue weighted by molar-refractivity contribution is 6.33. The van der Waals surface area contributed by atoms with Gasteiger partial charge in [-0.1, -0.05) is 11.6 Å². The summed E-state index contributed by atoms with van der Waals surface area (Å²) < 4.78 is 5.53. The van der Waals surface area contributed by atoms with E-state index < -0.39 is 11.9 Å². The van der Waals surface area contributed by atoms with E-state index in [4.69, 9.17) is 26.4 Å². The number of carboxylic acid groups (broad SMARTS) is 1. The van der Waals surface area contributed by atoms with Crippen molar-refractivity contribution in [2.75, 3.05) is 7.05 Å². The van der Waals surface area contributed by atoms with Crippen molar-refractivity contribution in [3.63, 3.8) is 0 Å². The third-order valence-electron chi connectivity index (χ3n) is 2.98. The number of carboxylic acids is 1. The molecule has 0 fully saturated rings. The summed E-state index contributed by atoms with van der Waals surface area (Å²) in [5, 5.41) is 20.6. The van der Waals surface area contributed by atoms with Crippen LogP contribution in [0.1, 0.15) is 16.1 Å². The van der Waals surface area contributed by atoms with Gasteiger partial charge in [0.25, 0.3) is 5.91 Å². The van der Waals surface area contributed by atoms with Crippen LogP contribution in [0, 0.1) is 11.3 Å². The number of benzene rings is 1. The van der Waals surface area contributed by atoms with E-state index in [9.17, 15) is 9.59 Å². The monoisotopic (exact) mass is 330 g/mol. The van der Waals surface area contributed by atoms with Gasteiger partial charge in [0.15, 0.2) is 0 Å². The number of nitrogens with zero attached hydrogens (tertiary/aromatic N) is 1. The van der Waals surface area contributed by atoms with Crippen molar-refractivity contribution in [2.45, 2.75) is 0 Å². The zero-order valence-corrected chi connectivity index (χ0v) is 12.7. The first-order chi connectivity index (χ1) is 11.0. The molecule has 0 spiro atoms. The van der Waals surface area contributed by atoms with E-state index in [0.717, 1.165) is 0 Å². The lowest BCUT2D eigenvalue weighted by Crippen LogP contribution is -2.18. The highest BCUT2D eigenvalue weighted by atomic mass is 35.5. The Balaban J connectivity index is 2.42. The summed E-state index contributed by atoms with van der Waals surface area (Å²) in [6, 6.07) is 9.14. The van der Waals surface area contributed by atoms with Gasteiger partial charge >= 0.3 is 5.97 Å². The average Bonchev–Trinajstić information content (AvgIpc) is 3.00. The van der Waals surface area contributed by atoms with Crippen LogP contribution >= 0.6 is 11.6 Å². The zero-order chi connectivity index (χ0) is 17.0. The van der Waals surface area contributed by atoms with Gasteiger partial charge in [0, 0.05) is 18.7 Å². The van der Waals surface area contributed by atoms with Gasteiger partial charge in [-0.15, -0.1) is 0 Å². The number of likely N-dealkylation sites (N-methyl/N-ethyl adjacent to an activating group) is 1. The third kappa shape index (κ3) is 3.59. The molecular formula is C16H11ClN2O4. The molecule has 7 heteroatoms. The molecule has 0 bridgehead atoms. The predicted molar refractivity (Wildman–Crippen MR) is 83.8 cm³/mol. The summed E-state index contributed by atoms with van der Waals surface area (Å²) in [7, 11) is 1.41. The molecule has 2 aromatic rings. The van der Waals surface area contributed by atoms with Gasteiger partial charge in [0.2, 0.25) is 0 Å². The summed E-state index contributed by atoms with van der Waals surface area (Å²) in [6.07, 6.45) is 1.29. The first kappa shape index (κ1) is 16.3. The number of rotatable bonds is 4. The fourth-order valence-electron chi connectivity index (χ4n) is 1.85. The van der Waals surface area contributed by atoms with Crippen molar-refractivity contribution in [1.29, 1.82) is 5.26 Å². The molecule has 0 unspecified atom stereocenters. The second-order valence-corrected chi connectivity index (χ2v) is 4.86. The Bertz CT molecular complexity index is 846. The zero-order valence-electron chi connectivity index (χ0n) is 12.0. The molecule has 0 aliphatic heterocycles. The van der Waals surface area contributed by atoms with E-state index in [1.807, 2.05) is 0 Å². The van der Waals surface area contributed by atoms with E-state index in [1.54, 1.807) is 18.2 Å². The fourth-order valence-corrected chi connectivity index (χ4v) is 2.06. The molecule has 1 aromatic carbocycles. The number of amides is 1. The van der Waals surface area contributed by atoms with Crippen LogP contribution in [-0.2, 0) is 4.79 Å². The number of carbonyl (C=O) groups excluding carboxylic acids is 1. The molecule has 0 radical (unpaired) electrons. The van der Waals surface area contributed by atoms with E-state index in [0.29, 0.717) is 16.3 Å². The van der Waals surface area contributed by atoms with Gasteiger partial charge in [-0.3, -0.25) is 4.79 Å². The molecule has 23 heavy (non-hydrogen) atoms. The summed E-state index contributed by atoms with van der Waals surface area (Å²) in [5.41, 5.74) is 0.365. The number of halogens is 1. The van der Waals surface area contributed by atoms with Gasteiger partial charge in [-0.2, -0.15) is 5.26 Å². The normalized spacial score (nSPS) is 10.9. The summed E-state index contributed by atoms with van der Waals surface area (Å²) >= 11 is 6.07. The van der Waals surface area contributed by atoms with Crippen LogP contribution in [-0.4, -0.2) is 24.0 Å². The minimum atomic E-state index is -1.08. The molecule has 2 rings (SSSR count). The van der Waals surface area contributed by atoms with Crippen molar-refractivity contribution in [2.24, 2.45) is 0 Å². The van der Waals surface area contributed by atoms with Crippen LogP contribution < -0.4 is 5.32 Å². The van der Waals surface area contributed by atoms with E-state index >= 15 is 0 Å². The maximum Gasteiger partial charge on any atom is 0.335 e. The van der Waals surface area contributed by atoms with Crippen LogP contribution in [0.3, 0.4) is 0 Å². The number of hydrogen-bond acceptors (Lipinski definition) is 4. The number of furan rings is 1. The number of aromatic carboxylic acids is 1. The first-order valence-electron chi connectivity index (χ1n) is 6.43. The van der Waals surface area contributed by atoms with Crippen LogP contribution in [0.2, 0.25) is 5.02 Å². The van der Waals surface area contributed by atoms with Gasteiger partial charge in [0.1, 0.15) is 23.2 Å². The maximum atomic E-state index is 11.5. The van der Waals surface area contributed by atoms with E-state index in [1.165, 1.54) is 31.3 Å². The Labute approximate surface area is 136 Å². The SMILES string of the molecule is CNC(=O)/C(C#N)=C\c1ccc(-c2cc(C(=O)O)ccc2Cl)o1. The van der Waals surface area contributed by atoms with Gasteiger partial charge < -0.3 is 14.8 Å². The molecule has 1 amide bonds. The highest BCUT2D eigenvalue weighted by Crippen LogP contribution is 2.31.